The van der Waals surface area contributed by atoms with Crippen LogP contribution in [-0.4, -0.2) is 17.6 Å². The minimum Gasteiger partial charge on any atom is -0.409 e. The van der Waals surface area contributed by atoms with E-state index in [1.165, 1.54) is 11.3 Å². The molecule has 0 spiro atoms. The average molecular weight is 314 g/mol. The normalized spacial score (nSPS) is 11.6. The number of hydrogen-bond donors (Lipinski definition) is 3. The fourth-order valence-electron chi connectivity index (χ4n) is 1.73. The van der Waals surface area contributed by atoms with Crippen LogP contribution in [0.4, 0.5) is 5.69 Å². The molecule has 1 aromatic rings. The van der Waals surface area contributed by atoms with Crippen LogP contribution < -0.4 is 11.1 Å². The molecule has 100 valence electrons. The molecule has 0 bridgehead atoms. The first kappa shape index (κ1) is 14.8. The second kappa shape index (κ2) is 7.97. The summed E-state index contributed by atoms with van der Waals surface area (Å²) in [6.07, 6.45) is 3.56. The number of aryl methyl sites for hydroxylation is 1. The highest BCUT2D eigenvalue weighted by Gasteiger charge is 2.01. The quantitative estimate of drug-likeness (QED) is 0.238. The third-order valence-corrected chi connectivity index (χ3v) is 3.25. The summed E-state index contributed by atoms with van der Waals surface area (Å²) in [5.74, 6) is 0.299. The van der Waals surface area contributed by atoms with Crippen molar-refractivity contribution in [3.8, 4) is 0 Å². The molecule has 4 nitrogen and oxygen atoms in total. The summed E-state index contributed by atoms with van der Waals surface area (Å²) in [4.78, 5) is 0. The number of oxime groups is 1. The monoisotopic (exact) mass is 313 g/mol. The largest absolute Gasteiger partial charge is 0.409 e. The molecule has 0 radical (unpaired) electrons. The zero-order valence-electron chi connectivity index (χ0n) is 10.6. The van der Waals surface area contributed by atoms with Crippen LogP contribution in [0.2, 0.25) is 0 Å². The van der Waals surface area contributed by atoms with Crippen LogP contribution in [0, 0.1) is 0 Å². The van der Waals surface area contributed by atoms with Gasteiger partial charge in [-0.05, 0) is 43.0 Å². The van der Waals surface area contributed by atoms with E-state index in [4.69, 9.17) is 10.9 Å². The lowest BCUT2D eigenvalue weighted by Crippen LogP contribution is -2.12. The number of benzene rings is 1. The van der Waals surface area contributed by atoms with E-state index >= 15 is 0 Å². The maximum absolute atomic E-state index is 8.41. The molecule has 1 aromatic carbocycles. The standard InChI is InChI=1S/C13H20BrN3O/c1-2-10-9-11(14)6-7-12(10)16-8-4-3-5-13(15)17-18/h6-7,9,16,18H,2-5,8H2,1H3,(H2,15,17). The molecule has 0 unspecified atom stereocenters. The van der Waals surface area contributed by atoms with Gasteiger partial charge in [-0.25, -0.2) is 0 Å². The van der Waals surface area contributed by atoms with Crippen LogP contribution in [-0.2, 0) is 6.42 Å². The van der Waals surface area contributed by atoms with Gasteiger partial charge in [-0.3, -0.25) is 0 Å². The van der Waals surface area contributed by atoms with Gasteiger partial charge < -0.3 is 16.3 Å². The van der Waals surface area contributed by atoms with Crippen LogP contribution in [0.5, 0.6) is 0 Å². The Morgan fingerprint density at radius 3 is 2.89 bits per heavy atom. The molecule has 1 rings (SSSR count). The number of nitrogens with two attached hydrogens (primary N) is 1. The lowest BCUT2D eigenvalue weighted by atomic mass is 10.1. The van der Waals surface area contributed by atoms with E-state index in [2.05, 4.69) is 45.5 Å². The van der Waals surface area contributed by atoms with Gasteiger partial charge in [0, 0.05) is 23.1 Å². The summed E-state index contributed by atoms with van der Waals surface area (Å²) in [6, 6.07) is 6.27. The number of halogens is 1. The van der Waals surface area contributed by atoms with Crippen molar-refractivity contribution in [1.82, 2.24) is 0 Å². The highest BCUT2D eigenvalue weighted by atomic mass is 79.9. The number of hydrogen-bond acceptors (Lipinski definition) is 3. The number of anilines is 1. The number of rotatable bonds is 7. The second-order valence-electron chi connectivity index (χ2n) is 4.13. The van der Waals surface area contributed by atoms with Gasteiger partial charge in [-0.1, -0.05) is 28.0 Å². The van der Waals surface area contributed by atoms with Crippen molar-refractivity contribution >= 4 is 27.5 Å². The Morgan fingerprint density at radius 1 is 1.44 bits per heavy atom. The van der Waals surface area contributed by atoms with Crippen molar-refractivity contribution in [2.45, 2.75) is 32.6 Å². The van der Waals surface area contributed by atoms with Crippen molar-refractivity contribution < 1.29 is 5.21 Å². The Kier molecular flexibility index (Phi) is 6.57. The van der Waals surface area contributed by atoms with E-state index in [1.807, 2.05) is 6.07 Å². The minimum absolute atomic E-state index is 0.299. The van der Waals surface area contributed by atoms with Gasteiger partial charge >= 0.3 is 0 Å². The SMILES string of the molecule is CCc1cc(Br)ccc1NCCCC/C(N)=N/O. The number of nitrogens with one attached hydrogen (secondary N) is 1. The highest BCUT2D eigenvalue weighted by Crippen LogP contribution is 2.21. The number of unbranched alkanes of at least 4 members (excludes halogenated alkanes) is 1. The number of amidine groups is 1. The van der Waals surface area contributed by atoms with E-state index in [-0.39, 0.29) is 0 Å². The molecule has 0 aliphatic carbocycles. The van der Waals surface area contributed by atoms with Crippen molar-refractivity contribution in [3.63, 3.8) is 0 Å². The summed E-state index contributed by atoms with van der Waals surface area (Å²) in [6.45, 7) is 3.04. The molecule has 0 aliphatic heterocycles. The smallest absolute Gasteiger partial charge is 0.139 e. The Balaban J connectivity index is 2.35. The van der Waals surface area contributed by atoms with Crippen LogP contribution >= 0.6 is 15.9 Å². The van der Waals surface area contributed by atoms with Gasteiger partial charge in [0.25, 0.3) is 0 Å². The molecule has 0 heterocycles. The lowest BCUT2D eigenvalue weighted by molar-refractivity contribution is 0.316. The lowest BCUT2D eigenvalue weighted by Gasteiger charge is -2.11. The first-order chi connectivity index (χ1) is 8.67. The topological polar surface area (TPSA) is 70.6 Å². The summed E-state index contributed by atoms with van der Waals surface area (Å²) < 4.78 is 1.11. The molecule has 0 aliphatic rings. The molecule has 0 saturated heterocycles. The van der Waals surface area contributed by atoms with Crippen LogP contribution in [0.1, 0.15) is 31.7 Å². The average Bonchev–Trinajstić information content (AvgIpc) is 2.39. The zero-order chi connectivity index (χ0) is 13.4. The number of nitrogens with zero attached hydrogens (tertiary/aromatic N) is 1. The molecule has 0 saturated carbocycles. The molecule has 0 atom stereocenters. The Bertz CT molecular complexity index is 407. The van der Waals surface area contributed by atoms with E-state index in [0.717, 1.165) is 30.3 Å². The van der Waals surface area contributed by atoms with Gasteiger partial charge in [0.15, 0.2) is 0 Å². The van der Waals surface area contributed by atoms with Crippen molar-refractivity contribution in [1.29, 1.82) is 0 Å². The molecular formula is C13H20BrN3O. The molecule has 0 fully saturated rings. The third-order valence-electron chi connectivity index (χ3n) is 2.75. The van der Waals surface area contributed by atoms with Gasteiger partial charge in [0.2, 0.25) is 0 Å². The van der Waals surface area contributed by atoms with Crippen molar-refractivity contribution in [3.05, 3.63) is 28.2 Å². The fourth-order valence-corrected chi connectivity index (χ4v) is 2.14. The Hall–Kier alpha value is -1.23. The summed E-state index contributed by atoms with van der Waals surface area (Å²) in [5.41, 5.74) is 7.89. The highest BCUT2D eigenvalue weighted by molar-refractivity contribution is 9.10. The molecule has 0 aromatic heterocycles. The third kappa shape index (κ3) is 4.96. The molecular weight excluding hydrogens is 294 g/mol. The second-order valence-corrected chi connectivity index (χ2v) is 5.05. The predicted octanol–water partition coefficient (Wildman–Crippen LogP) is 3.34. The van der Waals surface area contributed by atoms with Crippen LogP contribution in [0.25, 0.3) is 0 Å². The molecule has 18 heavy (non-hydrogen) atoms. The summed E-state index contributed by atoms with van der Waals surface area (Å²) >= 11 is 3.48. The maximum Gasteiger partial charge on any atom is 0.139 e. The summed E-state index contributed by atoms with van der Waals surface area (Å²) in [7, 11) is 0. The molecule has 4 N–H and O–H groups in total. The van der Waals surface area contributed by atoms with Gasteiger partial charge in [0.05, 0.1) is 0 Å². The predicted molar refractivity (Wildman–Crippen MR) is 79.3 cm³/mol. The first-order valence-electron chi connectivity index (χ1n) is 6.16. The summed E-state index contributed by atoms with van der Waals surface area (Å²) in [5, 5.41) is 14.8. The van der Waals surface area contributed by atoms with E-state index in [1.54, 1.807) is 0 Å². The zero-order valence-corrected chi connectivity index (χ0v) is 12.2. The Labute approximate surface area is 116 Å². The van der Waals surface area contributed by atoms with Gasteiger partial charge in [-0.15, -0.1) is 0 Å². The van der Waals surface area contributed by atoms with Crippen LogP contribution in [0.3, 0.4) is 0 Å². The van der Waals surface area contributed by atoms with E-state index in [0.29, 0.717) is 12.3 Å². The van der Waals surface area contributed by atoms with Gasteiger partial charge in [0.1, 0.15) is 5.84 Å². The van der Waals surface area contributed by atoms with Crippen molar-refractivity contribution in [2.75, 3.05) is 11.9 Å². The van der Waals surface area contributed by atoms with E-state index < -0.39 is 0 Å². The van der Waals surface area contributed by atoms with E-state index in [9.17, 15) is 0 Å². The fraction of sp³-hybridized carbons (Fsp3) is 0.462. The molecule has 5 heteroatoms. The van der Waals surface area contributed by atoms with Crippen molar-refractivity contribution in [2.24, 2.45) is 10.9 Å². The minimum atomic E-state index is 0.299. The van der Waals surface area contributed by atoms with Gasteiger partial charge in [-0.2, -0.15) is 0 Å². The first-order valence-corrected chi connectivity index (χ1v) is 6.95. The molecule has 0 amide bonds. The van der Waals surface area contributed by atoms with Crippen LogP contribution in [0.15, 0.2) is 27.8 Å². The Morgan fingerprint density at radius 2 is 2.22 bits per heavy atom. The maximum atomic E-state index is 8.41.